The van der Waals surface area contributed by atoms with Crippen LogP contribution < -0.4 is 19.3 Å². The van der Waals surface area contributed by atoms with E-state index in [4.69, 9.17) is 19.4 Å². The Kier molecular flexibility index (Phi) is 7.82. The quantitative estimate of drug-likeness (QED) is 0.335. The van der Waals surface area contributed by atoms with Crippen LogP contribution in [0.15, 0.2) is 36.5 Å². The minimum atomic E-state index is 0.411. The molecule has 0 amide bonds. The molecule has 2 aromatic carbocycles. The van der Waals surface area contributed by atoms with Gasteiger partial charge in [-0.3, -0.25) is 0 Å². The number of methoxy groups -OCH3 is 1. The summed E-state index contributed by atoms with van der Waals surface area (Å²) in [7, 11) is 6.14. The molecular weight excluding hydrogens is 510 g/mol. The Morgan fingerprint density at radius 1 is 1.02 bits per heavy atom. The number of ether oxygens (including phenoxy) is 2. The first-order chi connectivity index (χ1) is 19.8. The molecule has 1 saturated heterocycles. The zero-order valence-corrected chi connectivity index (χ0v) is 25.6. The second kappa shape index (κ2) is 11.5. The molecule has 0 radical (unpaired) electrons. The fraction of sp³-hybridized carbons (Fsp3) is 0.529. The molecule has 3 aliphatic rings. The number of aryl methyl sites for hydroxylation is 1. The highest BCUT2D eigenvalue weighted by Crippen LogP contribution is 2.46. The van der Waals surface area contributed by atoms with Gasteiger partial charge in [0.05, 0.1) is 30.7 Å². The maximum absolute atomic E-state index is 6.12. The van der Waals surface area contributed by atoms with Crippen molar-refractivity contribution < 1.29 is 9.47 Å². The van der Waals surface area contributed by atoms with Gasteiger partial charge in [-0.15, -0.1) is 0 Å². The van der Waals surface area contributed by atoms with Crippen LogP contribution in [0.25, 0.3) is 11.3 Å². The minimum Gasteiger partial charge on any atom is -0.495 e. The lowest BCUT2D eigenvalue weighted by Gasteiger charge is -2.37. The molecule has 1 aliphatic carbocycles. The van der Waals surface area contributed by atoms with Crippen molar-refractivity contribution in [3.05, 3.63) is 59.0 Å². The van der Waals surface area contributed by atoms with Crippen molar-refractivity contribution in [1.29, 1.82) is 0 Å². The van der Waals surface area contributed by atoms with Crippen LogP contribution in [-0.4, -0.2) is 74.4 Å². The summed E-state index contributed by atoms with van der Waals surface area (Å²) in [6, 6.07) is 12.2. The van der Waals surface area contributed by atoms with Gasteiger partial charge >= 0.3 is 0 Å². The first-order valence-corrected chi connectivity index (χ1v) is 15.3. The van der Waals surface area contributed by atoms with E-state index in [1.165, 1.54) is 53.7 Å². The van der Waals surface area contributed by atoms with Crippen molar-refractivity contribution in [2.75, 3.05) is 57.2 Å². The molecule has 0 bridgehead atoms. The van der Waals surface area contributed by atoms with Crippen molar-refractivity contribution >= 4 is 11.4 Å². The molecular formula is C34H45N5O2. The molecule has 1 aromatic heterocycles. The van der Waals surface area contributed by atoms with E-state index in [0.29, 0.717) is 24.4 Å². The number of aromatic nitrogens is 2. The van der Waals surface area contributed by atoms with Crippen LogP contribution in [0, 0.1) is 6.92 Å². The lowest BCUT2D eigenvalue weighted by molar-refractivity contribution is 0.249. The third kappa shape index (κ3) is 5.74. The third-order valence-electron chi connectivity index (χ3n) is 9.07. The number of fused-ring (bicyclic) bond motifs is 1. The van der Waals surface area contributed by atoms with E-state index in [0.717, 1.165) is 54.8 Å². The van der Waals surface area contributed by atoms with Crippen molar-refractivity contribution in [2.45, 2.75) is 70.9 Å². The standard InChI is InChI=1S/C34H45N5O2/c1-22(2)39-15-16-41-34-23(3)17-26(20-30(34)39)33-28(25-8-9-25)21-35-32(36-33)19-24-7-10-29(31(18-24)40-6)38-13-11-27(12-14-38)37(4)5/h7,10,17-18,20-22,25,27H,8-9,11-16,19H2,1-6H3. The normalized spacial score (nSPS) is 17.7. The Labute approximate surface area is 245 Å². The van der Waals surface area contributed by atoms with Gasteiger partial charge in [-0.05, 0) is 107 Å². The van der Waals surface area contributed by atoms with Crippen molar-refractivity contribution in [1.82, 2.24) is 14.9 Å². The van der Waals surface area contributed by atoms with Crippen LogP contribution in [0.4, 0.5) is 11.4 Å². The van der Waals surface area contributed by atoms with Crippen LogP contribution in [0.1, 0.15) is 68.0 Å². The third-order valence-corrected chi connectivity index (χ3v) is 9.07. The van der Waals surface area contributed by atoms with Crippen LogP contribution in [0.3, 0.4) is 0 Å². The van der Waals surface area contributed by atoms with E-state index in [1.807, 2.05) is 0 Å². The summed E-state index contributed by atoms with van der Waals surface area (Å²) in [5.41, 5.74) is 8.20. The van der Waals surface area contributed by atoms with Gasteiger partial charge in [0.15, 0.2) is 0 Å². The summed E-state index contributed by atoms with van der Waals surface area (Å²) in [5, 5.41) is 0. The van der Waals surface area contributed by atoms with Crippen molar-refractivity contribution in [3.8, 4) is 22.8 Å². The summed E-state index contributed by atoms with van der Waals surface area (Å²) in [4.78, 5) is 17.3. The Balaban J connectivity index is 1.29. The predicted octanol–water partition coefficient (Wildman–Crippen LogP) is 6.07. The zero-order chi connectivity index (χ0) is 28.7. The topological polar surface area (TPSA) is 54.0 Å². The van der Waals surface area contributed by atoms with Gasteiger partial charge in [0, 0.05) is 43.4 Å². The fourth-order valence-corrected chi connectivity index (χ4v) is 6.53. The van der Waals surface area contributed by atoms with Gasteiger partial charge in [-0.2, -0.15) is 0 Å². The van der Waals surface area contributed by atoms with Gasteiger partial charge in [0.25, 0.3) is 0 Å². The summed E-state index contributed by atoms with van der Waals surface area (Å²) >= 11 is 0. The number of benzene rings is 2. The molecule has 218 valence electrons. The predicted molar refractivity (Wildman–Crippen MR) is 167 cm³/mol. The highest BCUT2D eigenvalue weighted by atomic mass is 16.5. The Bertz CT molecular complexity index is 1390. The van der Waals surface area contributed by atoms with Crippen LogP contribution in [0.5, 0.6) is 11.5 Å². The molecule has 41 heavy (non-hydrogen) atoms. The summed E-state index contributed by atoms with van der Waals surface area (Å²) in [5.74, 6) is 3.34. The number of piperidine rings is 1. The minimum absolute atomic E-state index is 0.411. The molecule has 1 saturated carbocycles. The average Bonchev–Trinajstić information content (AvgIpc) is 3.82. The summed E-state index contributed by atoms with van der Waals surface area (Å²) in [6.07, 6.45) is 7.52. The first-order valence-electron chi connectivity index (χ1n) is 15.3. The highest BCUT2D eigenvalue weighted by molar-refractivity contribution is 5.76. The van der Waals surface area contributed by atoms with E-state index >= 15 is 0 Å². The second-order valence-corrected chi connectivity index (χ2v) is 12.5. The Hall–Kier alpha value is -3.32. The van der Waals surface area contributed by atoms with Crippen molar-refractivity contribution in [2.24, 2.45) is 0 Å². The molecule has 3 heterocycles. The lowest BCUT2D eigenvalue weighted by atomic mass is 9.99. The van der Waals surface area contributed by atoms with Crippen molar-refractivity contribution in [3.63, 3.8) is 0 Å². The van der Waals surface area contributed by atoms with Crippen LogP contribution >= 0.6 is 0 Å². The second-order valence-electron chi connectivity index (χ2n) is 12.5. The molecule has 0 spiro atoms. The average molecular weight is 556 g/mol. The smallest absolute Gasteiger partial charge is 0.145 e. The largest absolute Gasteiger partial charge is 0.495 e. The van der Waals surface area contributed by atoms with E-state index in [-0.39, 0.29) is 0 Å². The first kappa shape index (κ1) is 27.8. The number of nitrogens with zero attached hydrogens (tertiary/aromatic N) is 5. The number of anilines is 2. The monoisotopic (exact) mass is 555 g/mol. The fourth-order valence-electron chi connectivity index (χ4n) is 6.53. The molecule has 0 atom stereocenters. The highest BCUT2D eigenvalue weighted by Gasteiger charge is 2.30. The Morgan fingerprint density at radius 3 is 2.49 bits per heavy atom. The van der Waals surface area contributed by atoms with Gasteiger partial charge in [0.2, 0.25) is 0 Å². The van der Waals surface area contributed by atoms with Gasteiger partial charge < -0.3 is 24.2 Å². The maximum Gasteiger partial charge on any atom is 0.145 e. The maximum atomic E-state index is 6.12. The number of hydrogen-bond acceptors (Lipinski definition) is 7. The summed E-state index contributed by atoms with van der Waals surface area (Å²) in [6.45, 7) is 10.4. The molecule has 6 rings (SSSR count). The number of rotatable bonds is 8. The number of hydrogen-bond donors (Lipinski definition) is 0. The van der Waals surface area contributed by atoms with Crippen LogP contribution in [0.2, 0.25) is 0 Å². The van der Waals surface area contributed by atoms with Gasteiger partial charge in [-0.25, -0.2) is 9.97 Å². The molecule has 3 aromatic rings. The van der Waals surface area contributed by atoms with Gasteiger partial charge in [0.1, 0.15) is 23.9 Å². The van der Waals surface area contributed by atoms with Gasteiger partial charge in [-0.1, -0.05) is 6.07 Å². The van der Waals surface area contributed by atoms with E-state index in [9.17, 15) is 0 Å². The lowest BCUT2D eigenvalue weighted by Crippen LogP contribution is -2.42. The molecule has 2 fully saturated rings. The molecule has 7 heteroatoms. The summed E-state index contributed by atoms with van der Waals surface area (Å²) < 4.78 is 12.0. The molecule has 0 N–H and O–H groups in total. The Morgan fingerprint density at radius 2 is 1.80 bits per heavy atom. The molecule has 2 aliphatic heterocycles. The van der Waals surface area contributed by atoms with E-state index in [1.54, 1.807) is 7.11 Å². The van der Waals surface area contributed by atoms with Crippen LogP contribution in [-0.2, 0) is 6.42 Å². The SMILES string of the molecule is COc1cc(Cc2ncc(C3CC3)c(-c3cc(C)c4c(c3)N(C(C)C)CCO4)n2)ccc1N1CCC(N(C)C)CC1. The zero-order valence-electron chi connectivity index (χ0n) is 25.6. The van der Waals surface area contributed by atoms with E-state index < -0.39 is 0 Å². The molecule has 0 unspecified atom stereocenters. The molecule has 7 nitrogen and oxygen atoms in total. The van der Waals surface area contributed by atoms with E-state index in [2.05, 4.69) is 86.1 Å².